The van der Waals surface area contributed by atoms with Gasteiger partial charge in [-0.05, 0) is 31.2 Å². The number of ether oxygens (including phenoxy) is 4. The number of nitrogens with one attached hydrogen (secondary N) is 1. The van der Waals surface area contributed by atoms with Crippen molar-refractivity contribution in [3.8, 4) is 22.8 Å². The summed E-state index contributed by atoms with van der Waals surface area (Å²) in [5.41, 5.74) is 0.807. The molecule has 2 heterocycles. The van der Waals surface area contributed by atoms with E-state index in [1.54, 1.807) is 30.5 Å². The highest BCUT2D eigenvalue weighted by molar-refractivity contribution is 7.15. The number of esters is 2. The fourth-order valence-electron chi connectivity index (χ4n) is 2.81. The number of rotatable bonds is 9. The van der Waals surface area contributed by atoms with Crippen molar-refractivity contribution in [3.63, 3.8) is 0 Å². The van der Waals surface area contributed by atoms with E-state index in [2.05, 4.69) is 5.32 Å². The van der Waals surface area contributed by atoms with Crippen molar-refractivity contribution in [2.24, 2.45) is 0 Å². The van der Waals surface area contributed by atoms with Gasteiger partial charge in [0.2, 0.25) is 0 Å². The summed E-state index contributed by atoms with van der Waals surface area (Å²) in [4.78, 5) is 37.3. The molecule has 2 aromatic heterocycles. The number of furan rings is 1. The maximum Gasteiger partial charge on any atom is 0.342 e. The van der Waals surface area contributed by atoms with Crippen molar-refractivity contribution in [3.05, 3.63) is 53.1 Å². The van der Waals surface area contributed by atoms with Crippen LogP contribution in [-0.4, -0.2) is 45.3 Å². The molecule has 0 aliphatic carbocycles. The third kappa shape index (κ3) is 5.09. The Morgan fingerprint density at radius 3 is 2.53 bits per heavy atom. The largest absolute Gasteiger partial charge is 0.497 e. The lowest BCUT2D eigenvalue weighted by Gasteiger charge is -2.11. The topological polar surface area (TPSA) is 113 Å². The van der Waals surface area contributed by atoms with Gasteiger partial charge >= 0.3 is 11.9 Å². The number of benzene rings is 1. The monoisotopic (exact) mass is 459 g/mol. The molecular weight excluding hydrogens is 438 g/mol. The van der Waals surface area contributed by atoms with Gasteiger partial charge < -0.3 is 28.7 Å². The van der Waals surface area contributed by atoms with Crippen molar-refractivity contribution in [2.45, 2.75) is 6.92 Å². The van der Waals surface area contributed by atoms with Gasteiger partial charge in [-0.1, -0.05) is 0 Å². The minimum absolute atomic E-state index is 0.143. The Morgan fingerprint density at radius 2 is 1.88 bits per heavy atom. The molecular formula is C22H21NO8S. The average molecular weight is 459 g/mol. The number of hydrogen-bond acceptors (Lipinski definition) is 9. The van der Waals surface area contributed by atoms with E-state index in [4.69, 9.17) is 23.4 Å². The first-order chi connectivity index (χ1) is 15.5. The van der Waals surface area contributed by atoms with Crippen molar-refractivity contribution < 1.29 is 37.7 Å². The Kier molecular flexibility index (Phi) is 7.50. The number of carbonyl (C=O) groups is 3. The van der Waals surface area contributed by atoms with Crippen LogP contribution in [0.3, 0.4) is 0 Å². The number of anilines is 1. The fraction of sp³-hybridized carbons (Fsp3) is 0.227. The van der Waals surface area contributed by atoms with E-state index in [9.17, 15) is 14.4 Å². The zero-order valence-electron chi connectivity index (χ0n) is 17.6. The van der Waals surface area contributed by atoms with Gasteiger partial charge in [0.25, 0.3) is 5.91 Å². The Hall–Kier alpha value is -3.79. The summed E-state index contributed by atoms with van der Waals surface area (Å²) < 4.78 is 25.9. The normalized spacial score (nSPS) is 10.3. The standard InChI is InChI=1S/C22H21NO8S/c1-4-29-22(26)19-15(16-6-5-9-30-16)12-32-20(19)23-18(24)11-31-21(25)14-8-7-13(27-2)10-17(14)28-3/h5-10,12H,4,11H2,1-3H3,(H,23,24). The minimum Gasteiger partial charge on any atom is -0.497 e. The summed E-state index contributed by atoms with van der Waals surface area (Å²) in [5, 5.41) is 4.53. The van der Waals surface area contributed by atoms with E-state index in [1.165, 1.54) is 32.6 Å². The first-order valence-corrected chi connectivity index (χ1v) is 10.4. The second-order valence-electron chi connectivity index (χ2n) is 6.24. The summed E-state index contributed by atoms with van der Waals surface area (Å²) >= 11 is 1.13. The molecule has 9 nitrogen and oxygen atoms in total. The summed E-state index contributed by atoms with van der Waals surface area (Å²) in [6, 6.07) is 7.97. The molecule has 3 aromatic rings. The Morgan fingerprint density at radius 1 is 1.06 bits per heavy atom. The lowest BCUT2D eigenvalue weighted by Crippen LogP contribution is -2.22. The number of carbonyl (C=O) groups excluding carboxylic acids is 3. The number of methoxy groups -OCH3 is 2. The van der Waals surface area contributed by atoms with Crippen molar-refractivity contribution in [1.82, 2.24) is 0 Å². The third-order valence-electron chi connectivity index (χ3n) is 4.27. The van der Waals surface area contributed by atoms with Gasteiger partial charge in [-0.25, -0.2) is 9.59 Å². The Labute approximate surface area is 187 Å². The molecule has 0 fully saturated rings. The van der Waals surface area contributed by atoms with Gasteiger partial charge in [-0.3, -0.25) is 4.79 Å². The highest BCUT2D eigenvalue weighted by Crippen LogP contribution is 2.36. The molecule has 0 unspecified atom stereocenters. The minimum atomic E-state index is -0.743. The van der Waals surface area contributed by atoms with E-state index < -0.39 is 24.5 Å². The van der Waals surface area contributed by atoms with Gasteiger partial charge in [-0.2, -0.15) is 0 Å². The van der Waals surface area contributed by atoms with Crippen LogP contribution in [0.1, 0.15) is 27.6 Å². The molecule has 0 saturated carbocycles. The molecule has 10 heteroatoms. The van der Waals surface area contributed by atoms with E-state index >= 15 is 0 Å². The lowest BCUT2D eigenvalue weighted by atomic mass is 10.1. The fourth-order valence-corrected chi connectivity index (χ4v) is 3.76. The second kappa shape index (κ2) is 10.5. The van der Waals surface area contributed by atoms with E-state index in [1.807, 2.05) is 0 Å². The van der Waals surface area contributed by atoms with Crippen LogP contribution in [0.5, 0.6) is 11.5 Å². The molecule has 0 bridgehead atoms. The van der Waals surface area contributed by atoms with E-state index in [0.29, 0.717) is 17.1 Å². The van der Waals surface area contributed by atoms with Gasteiger partial charge in [0, 0.05) is 17.0 Å². The molecule has 1 amide bonds. The van der Waals surface area contributed by atoms with E-state index in [-0.39, 0.29) is 28.5 Å². The summed E-state index contributed by atoms with van der Waals surface area (Å²) in [7, 11) is 2.89. The van der Waals surface area contributed by atoms with E-state index in [0.717, 1.165) is 11.3 Å². The summed E-state index contributed by atoms with van der Waals surface area (Å²) in [6.45, 7) is 1.28. The van der Waals surface area contributed by atoms with Crippen LogP contribution >= 0.6 is 11.3 Å². The smallest absolute Gasteiger partial charge is 0.342 e. The van der Waals surface area contributed by atoms with Crippen LogP contribution in [0.15, 0.2) is 46.4 Å². The first kappa shape index (κ1) is 22.9. The highest BCUT2D eigenvalue weighted by Gasteiger charge is 2.24. The molecule has 1 aromatic carbocycles. The SMILES string of the molecule is CCOC(=O)c1c(-c2ccco2)csc1NC(=O)COC(=O)c1ccc(OC)cc1OC. The van der Waals surface area contributed by atoms with Crippen molar-refractivity contribution in [1.29, 1.82) is 0 Å². The average Bonchev–Trinajstić information content (AvgIpc) is 3.47. The molecule has 0 radical (unpaired) electrons. The highest BCUT2D eigenvalue weighted by atomic mass is 32.1. The Balaban J connectivity index is 1.71. The first-order valence-electron chi connectivity index (χ1n) is 9.50. The van der Waals surface area contributed by atoms with Gasteiger partial charge in [0.05, 0.1) is 27.1 Å². The third-order valence-corrected chi connectivity index (χ3v) is 5.17. The molecule has 3 rings (SSSR count). The van der Waals surface area contributed by atoms with Crippen LogP contribution in [0.4, 0.5) is 5.00 Å². The molecule has 0 aliphatic rings. The Bertz CT molecular complexity index is 1100. The predicted molar refractivity (Wildman–Crippen MR) is 116 cm³/mol. The van der Waals surface area contributed by atoms with Crippen LogP contribution in [-0.2, 0) is 14.3 Å². The van der Waals surface area contributed by atoms with Gasteiger partial charge in [0.15, 0.2) is 6.61 Å². The maximum absolute atomic E-state index is 12.5. The molecule has 0 spiro atoms. The predicted octanol–water partition coefficient (Wildman–Crippen LogP) is 4.00. The summed E-state index contributed by atoms with van der Waals surface area (Å²) in [5.74, 6) is -0.747. The maximum atomic E-state index is 12.5. The van der Waals surface area contributed by atoms with Crippen molar-refractivity contribution in [2.75, 3.05) is 32.8 Å². The quantitative estimate of drug-likeness (QED) is 0.478. The zero-order valence-corrected chi connectivity index (χ0v) is 18.4. The molecule has 0 saturated heterocycles. The molecule has 168 valence electrons. The van der Waals surface area contributed by atoms with Crippen LogP contribution in [0.25, 0.3) is 11.3 Å². The molecule has 0 atom stereocenters. The number of hydrogen-bond donors (Lipinski definition) is 1. The second-order valence-corrected chi connectivity index (χ2v) is 7.12. The van der Waals surface area contributed by atoms with Crippen LogP contribution < -0.4 is 14.8 Å². The van der Waals surface area contributed by atoms with Crippen molar-refractivity contribution >= 4 is 34.2 Å². The van der Waals surface area contributed by atoms with Gasteiger partial charge in [0.1, 0.15) is 33.4 Å². The number of amides is 1. The van der Waals surface area contributed by atoms with Crippen LogP contribution in [0, 0.1) is 0 Å². The lowest BCUT2D eigenvalue weighted by molar-refractivity contribution is -0.119. The summed E-state index contributed by atoms with van der Waals surface area (Å²) in [6.07, 6.45) is 1.48. The zero-order chi connectivity index (χ0) is 23.1. The number of thiophene rings is 1. The van der Waals surface area contributed by atoms with Gasteiger partial charge in [-0.15, -0.1) is 11.3 Å². The molecule has 0 aliphatic heterocycles. The van der Waals surface area contributed by atoms with Crippen LogP contribution in [0.2, 0.25) is 0 Å². The molecule has 1 N–H and O–H groups in total. The molecule has 32 heavy (non-hydrogen) atoms.